The highest BCUT2D eigenvalue weighted by atomic mass is 32.2. The molecule has 25 heavy (non-hydrogen) atoms. The molecule has 134 valence electrons. The minimum absolute atomic E-state index is 0.00509. The van der Waals surface area contributed by atoms with Gasteiger partial charge in [-0.1, -0.05) is 19.1 Å². The van der Waals surface area contributed by atoms with Crippen molar-refractivity contribution in [3.63, 3.8) is 0 Å². The van der Waals surface area contributed by atoms with E-state index in [9.17, 15) is 13.2 Å². The van der Waals surface area contributed by atoms with Crippen LogP contribution in [-0.4, -0.2) is 41.3 Å². The zero-order valence-electron chi connectivity index (χ0n) is 14.2. The normalized spacial score (nSPS) is 15.4. The summed E-state index contributed by atoms with van der Waals surface area (Å²) in [6.07, 6.45) is 5.48. The number of imidazole rings is 1. The summed E-state index contributed by atoms with van der Waals surface area (Å²) >= 11 is 0. The second-order valence-electron chi connectivity index (χ2n) is 6.09. The van der Waals surface area contributed by atoms with Gasteiger partial charge in [-0.05, 0) is 37.0 Å². The van der Waals surface area contributed by atoms with E-state index in [1.54, 1.807) is 0 Å². The second-order valence-corrected chi connectivity index (χ2v) is 7.98. The molecule has 7 nitrogen and oxygen atoms in total. The number of amides is 1. The van der Waals surface area contributed by atoms with Crippen LogP contribution in [0.3, 0.4) is 0 Å². The van der Waals surface area contributed by atoms with Crippen LogP contribution < -0.4 is 5.32 Å². The first kappa shape index (κ1) is 17.6. The maximum absolute atomic E-state index is 12.4. The monoisotopic (exact) mass is 362 g/mol. The van der Waals surface area contributed by atoms with Crippen molar-refractivity contribution in [2.75, 3.05) is 18.4 Å². The molecule has 0 spiro atoms. The number of aryl methyl sites for hydroxylation is 1. The van der Waals surface area contributed by atoms with Crippen LogP contribution in [0.4, 0.5) is 5.69 Å². The zero-order valence-corrected chi connectivity index (χ0v) is 15.0. The fraction of sp³-hybridized carbons (Fsp3) is 0.412. The lowest BCUT2D eigenvalue weighted by molar-refractivity contribution is -0.116. The molecule has 0 aliphatic carbocycles. The fourth-order valence-electron chi connectivity index (χ4n) is 2.81. The molecule has 1 saturated heterocycles. The van der Waals surface area contributed by atoms with Crippen LogP contribution in [0.25, 0.3) is 0 Å². The maximum atomic E-state index is 12.4. The van der Waals surface area contributed by atoms with Crippen LogP contribution in [0, 0.1) is 0 Å². The predicted octanol–water partition coefficient (Wildman–Crippen LogP) is 1.87. The topological polar surface area (TPSA) is 84.3 Å². The average Bonchev–Trinajstić information content (AvgIpc) is 3.27. The first-order valence-electron chi connectivity index (χ1n) is 8.40. The number of carbonyl (C=O) groups is 1. The standard InChI is InChI=1S/C17H22N4O3S/c1-2-14-5-7-15(8-6-14)19-16(22)11-20-12-17(18-13-20)25(23,24)21-9-3-4-10-21/h5-8,12-13H,2-4,9-11H2,1H3,(H,19,22). The third-order valence-electron chi connectivity index (χ3n) is 4.25. The number of aromatic nitrogens is 2. The molecule has 0 unspecified atom stereocenters. The van der Waals surface area contributed by atoms with E-state index in [0.29, 0.717) is 18.8 Å². The molecule has 0 radical (unpaired) electrons. The molecule has 2 heterocycles. The lowest BCUT2D eigenvalue weighted by Crippen LogP contribution is -2.28. The van der Waals surface area contributed by atoms with Gasteiger partial charge in [-0.3, -0.25) is 4.79 Å². The molecular weight excluding hydrogens is 340 g/mol. The second kappa shape index (κ2) is 7.37. The van der Waals surface area contributed by atoms with Gasteiger partial charge in [-0.25, -0.2) is 13.4 Å². The predicted molar refractivity (Wildman–Crippen MR) is 94.7 cm³/mol. The summed E-state index contributed by atoms with van der Waals surface area (Å²) in [7, 11) is -3.55. The van der Waals surface area contributed by atoms with E-state index >= 15 is 0 Å². The molecule has 8 heteroatoms. The van der Waals surface area contributed by atoms with E-state index in [0.717, 1.165) is 19.3 Å². The first-order valence-corrected chi connectivity index (χ1v) is 9.84. The lowest BCUT2D eigenvalue weighted by Gasteiger charge is -2.12. The highest BCUT2D eigenvalue weighted by molar-refractivity contribution is 7.89. The number of rotatable bonds is 6. The number of nitrogens with zero attached hydrogens (tertiary/aromatic N) is 3. The van der Waals surface area contributed by atoms with Gasteiger partial charge in [0.2, 0.25) is 5.91 Å². The number of carbonyl (C=O) groups excluding carboxylic acids is 1. The van der Waals surface area contributed by atoms with E-state index < -0.39 is 10.0 Å². The Labute approximate surface area is 147 Å². The van der Waals surface area contributed by atoms with Gasteiger partial charge < -0.3 is 9.88 Å². The molecule has 2 aromatic rings. The number of anilines is 1. The summed E-state index contributed by atoms with van der Waals surface area (Å²) in [5.41, 5.74) is 1.91. The van der Waals surface area contributed by atoms with Gasteiger partial charge in [-0.2, -0.15) is 4.31 Å². The first-order chi connectivity index (χ1) is 12.0. The largest absolute Gasteiger partial charge is 0.327 e. The van der Waals surface area contributed by atoms with Crippen LogP contribution in [0.2, 0.25) is 0 Å². The Kier molecular flexibility index (Phi) is 5.19. The van der Waals surface area contributed by atoms with Crippen molar-refractivity contribution in [2.45, 2.75) is 37.8 Å². The van der Waals surface area contributed by atoms with E-state index in [1.165, 1.54) is 27.0 Å². The van der Waals surface area contributed by atoms with Gasteiger partial charge in [0.25, 0.3) is 10.0 Å². The Morgan fingerprint density at radius 3 is 2.52 bits per heavy atom. The molecule has 1 amide bonds. The number of nitrogens with one attached hydrogen (secondary N) is 1. The highest BCUT2D eigenvalue weighted by Crippen LogP contribution is 2.19. The molecule has 1 aliphatic rings. The molecule has 1 fully saturated rings. The van der Waals surface area contributed by atoms with E-state index in [1.807, 2.05) is 24.3 Å². The lowest BCUT2D eigenvalue weighted by atomic mass is 10.1. The Bertz CT molecular complexity index is 837. The Balaban J connectivity index is 1.63. The quantitative estimate of drug-likeness (QED) is 0.850. The van der Waals surface area contributed by atoms with Crippen molar-refractivity contribution >= 4 is 21.6 Å². The van der Waals surface area contributed by atoms with Crippen molar-refractivity contribution < 1.29 is 13.2 Å². The van der Waals surface area contributed by atoms with Crippen LogP contribution in [-0.2, 0) is 27.8 Å². The van der Waals surface area contributed by atoms with Crippen LogP contribution in [0.5, 0.6) is 0 Å². The number of sulfonamides is 1. The van der Waals surface area contributed by atoms with Gasteiger partial charge in [0.05, 0.1) is 6.33 Å². The van der Waals surface area contributed by atoms with Crippen LogP contribution in [0.1, 0.15) is 25.3 Å². The summed E-state index contributed by atoms with van der Waals surface area (Å²) in [5, 5.41) is 2.79. The van der Waals surface area contributed by atoms with Gasteiger partial charge in [-0.15, -0.1) is 0 Å². The summed E-state index contributed by atoms with van der Waals surface area (Å²) in [6, 6.07) is 7.64. The van der Waals surface area contributed by atoms with E-state index in [-0.39, 0.29) is 17.5 Å². The Morgan fingerprint density at radius 1 is 1.20 bits per heavy atom. The Hall–Kier alpha value is -2.19. The van der Waals surface area contributed by atoms with Gasteiger partial charge in [0, 0.05) is 25.0 Å². The van der Waals surface area contributed by atoms with Crippen LogP contribution >= 0.6 is 0 Å². The van der Waals surface area contributed by atoms with E-state index in [4.69, 9.17) is 0 Å². The molecule has 0 atom stereocenters. The highest BCUT2D eigenvalue weighted by Gasteiger charge is 2.29. The van der Waals surface area contributed by atoms with Crippen molar-refractivity contribution in [1.82, 2.24) is 13.9 Å². The minimum Gasteiger partial charge on any atom is -0.327 e. The number of hydrogen-bond acceptors (Lipinski definition) is 4. The summed E-state index contributed by atoms with van der Waals surface area (Å²) in [6.45, 7) is 3.14. The SMILES string of the molecule is CCc1ccc(NC(=O)Cn2cnc(S(=O)(=O)N3CCCC3)c2)cc1. The van der Waals surface area contributed by atoms with Crippen LogP contribution in [0.15, 0.2) is 41.8 Å². The molecule has 1 aromatic carbocycles. The molecule has 3 rings (SSSR count). The number of hydrogen-bond donors (Lipinski definition) is 1. The molecule has 1 N–H and O–H groups in total. The van der Waals surface area contributed by atoms with Gasteiger partial charge in [0.15, 0.2) is 5.03 Å². The molecule has 1 aliphatic heterocycles. The summed E-state index contributed by atoms with van der Waals surface area (Å²) in [4.78, 5) is 16.1. The van der Waals surface area contributed by atoms with Crippen molar-refractivity contribution in [2.24, 2.45) is 0 Å². The summed E-state index contributed by atoms with van der Waals surface area (Å²) < 4.78 is 27.8. The summed E-state index contributed by atoms with van der Waals surface area (Å²) in [5.74, 6) is -0.230. The van der Waals surface area contributed by atoms with Crippen molar-refractivity contribution in [1.29, 1.82) is 0 Å². The number of benzene rings is 1. The molecular formula is C17H22N4O3S. The van der Waals surface area contributed by atoms with Crippen molar-refractivity contribution in [3.8, 4) is 0 Å². The zero-order chi connectivity index (χ0) is 17.9. The smallest absolute Gasteiger partial charge is 0.262 e. The molecule has 0 saturated carbocycles. The minimum atomic E-state index is -3.55. The maximum Gasteiger partial charge on any atom is 0.262 e. The van der Waals surface area contributed by atoms with Gasteiger partial charge >= 0.3 is 0 Å². The molecule has 1 aromatic heterocycles. The third-order valence-corrected chi connectivity index (χ3v) is 6.04. The molecule has 0 bridgehead atoms. The van der Waals surface area contributed by atoms with Gasteiger partial charge in [0.1, 0.15) is 6.54 Å². The van der Waals surface area contributed by atoms with E-state index in [2.05, 4.69) is 17.2 Å². The van der Waals surface area contributed by atoms with Crippen molar-refractivity contribution in [3.05, 3.63) is 42.4 Å². The third kappa shape index (κ3) is 4.08. The average molecular weight is 362 g/mol. The fourth-order valence-corrected chi connectivity index (χ4v) is 4.26. The Morgan fingerprint density at radius 2 is 1.88 bits per heavy atom.